The summed E-state index contributed by atoms with van der Waals surface area (Å²) in [5, 5.41) is 0. The average molecular weight is 385 g/mol. The van der Waals surface area contributed by atoms with Crippen LogP contribution < -0.4 is 10.5 Å². The first-order chi connectivity index (χ1) is 9.81. The Hall–Kier alpha value is -1.44. The summed E-state index contributed by atoms with van der Waals surface area (Å²) in [6.07, 6.45) is 0. The molecule has 2 aromatic rings. The van der Waals surface area contributed by atoms with Gasteiger partial charge in [0, 0.05) is 10.0 Å². The van der Waals surface area contributed by atoms with Gasteiger partial charge in [0.1, 0.15) is 4.99 Å². The van der Waals surface area contributed by atoms with E-state index in [0.717, 1.165) is 0 Å². The standard InChI is InChI=1S/C14H13BrN2O2S2/c1-9-4-2-3-5-13(9)21(18,19)17-12-7-6-10(14(16)20)8-11(12)15/h2-8,17H,1H3,(H2,16,20). The van der Waals surface area contributed by atoms with Crippen LogP contribution in [-0.4, -0.2) is 13.4 Å². The maximum absolute atomic E-state index is 12.4. The number of thiocarbonyl (C=S) groups is 1. The topological polar surface area (TPSA) is 72.2 Å². The van der Waals surface area contributed by atoms with Crippen molar-refractivity contribution in [2.75, 3.05) is 4.72 Å². The first kappa shape index (κ1) is 15.9. The van der Waals surface area contributed by atoms with Crippen LogP contribution in [-0.2, 0) is 10.0 Å². The quantitative estimate of drug-likeness (QED) is 0.793. The maximum Gasteiger partial charge on any atom is 0.262 e. The highest BCUT2D eigenvalue weighted by Crippen LogP contribution is 2.27. The van der Waals surface area contributed by atoms with Crippen LogP contribution in [0.2, 0.25) is 0 Å². The number of sulfonamides is 1. The van der Waals surface area contributed by atoms with Gasteiger partial charge in [0.2, 0.25) is 0 Å². The van der Waals surface area contributed by atoms with Crippen molar-refractivity contribution >= 4 is 48.8 Å². The molecule has 0 atom stereocenters. The van der Waals surface area contributed by atoms with Gasteiger partial charge in [0.25, 0.3) is 10.0 Å². The van der Waals surface area contributed by atoms with Crippen LogP contribution in [0.5, 0.6) is 0 Å². The zero-order valence-corrected chi connectivity index (χ0v) is 14.3. The van der Waals surface area contributed by atoms with Crippen LogP contribution in [0.25, 0.3) is 0 Å². The molecule has 0 heterocycles. The molecular weight excluding hydrogens is 372 g/mol. The van der Waals surface area contributed by atoms with Gasteiger partial charge in [-0.25, -0.2) is 8.42 Å². The monoisotopic (exact) mass is 384 g/mol. The number of nitrogens with two attached hydrogens (primary N) is 1. The van der Waals surface area contributed by atoms with E-state index >= 15 is 0 Å². The molecule has 0 bridgehead atoms. The predicted octanol–water partition coefficient (Wildman–Crippen LogP) is 3.19. The smallest absolute Gasteiger partial charge is 0.262 e. The summed E-state index contributed by atoms with van der Waals surface area (Å²) in [6.45, 7) is 1.75. The van der Waals surface area contributed by atoms with Crippen molar-refractivity contribution in [3.63, 3.8) is 0 Å². The Balaban J connectivity index is 2.38. The molecule has 0 aliphatic carbocycles. The number of aryl methyl sites for hydroxylation is 1. The minimum atomic E-state index is -3.64. The van der Waals surface area contributed by atoms with Crippen LogP contribution in [0.1, 0.15) is 11.1 Å². The van der Waals surface area contributed by atoms with Crippen LogP contribution in [0.3, 0.4) is 0 Å². The number of rotatable bonds is 4. The molecule has 4 nitrogen and oxygen atoms in total. The third kappa shape index (κ3) is 3.61. The number of halogens is 1. The Morgan fingerprint density at radius 2 is 1.90 bits per heavy atom. The Kier molecular flexibility index (Phi) is 4.65. The summed E-state index contributed by atoms with van der Waals surface area (Å²) in [4.78, 5) is 0.499. The Morgan fingerprint density at radius 3 is 2.48 bits per heavy atom. The third-order valence-corrected chi connectivity index (χ3v) is 5.30. The van der Waals surface area contributed by atoms with E-state index in [1.807, 2.05) is 0 Å². The van der Waals surface area contributed by atoms with E-state index in [2.05, 4.69) is 20.7 Å². The van der Waals surface area contributed by atoms with E-state index in [0.29, 0.717) is 21.3 Å². The molecule has 0 aliphatic heterocycles. The number of hydrogen-bond donors (Lipinski definition) is 2. The highest BCUT2D eigenvalue weighted by molar-refractivity contribution is 9.10. The molecular formula is C14H13BrN2O2S2. The van der Waals surface area contributed by atoms with Gasteiger partial charge in [-0.3, -0.25) is 4.72 Å². The summed E-state index contributed by atoms with van der Waals surface area (Å²) in [5.74, 6) is 0. The molecule has 0 radical (unpaired) electrons. The van der Waals surface area contributed by atoms with E-state index in [1.54, 1.807) is 49.4 Å². The maximum atomic E-state index is 12.4. The summed E-state index contributed by atoms with van der Waals surface area (Å²) >= 11 is 8.20. The van der Waals surface area contributed by atoms with Crippen molar-refractivity contribution in [3.05, 3.63) is 58.1 Å². The first-order valence-corrected chi connectivity index (χ1v) is 8.67. The Bertz CT molecular complexity index is 804. The number of nitrogens with one attached hydrogen (secondary N) is 1. The summed E-state index contributed by atoms with van der Waals surface area (Å²) in [6, 6.07) is 11.8. The molecule has 0 fully saturated rings. The minimum absolute atomic E-state index is 0.246. The van der Waals surface area contributed by atoms with E-state index in [9.17, 15) is 8.42 Å². The van der Waals surface area contributed by atoms with Crippen LogP contribution in [0.15, 0.2) is 51.8 Å². The van der Waals surface area contributed by atoms with Crippen LogP contribution in [0.4, 0.5) is 5.69 Å². The molecule has 7 heteroatoms. The van der Waals surface area contributed by atoms with Crippen molar-refractivity contribution in [2.24, 2.45) is 5.73 Å². The van der Waals surface area contributed by atoms with E-state index in [-0.39, 0.29) is 9.88 Å². The fourth-order valence-corrected chi connectivity index (χ4v) is 3.87. The fourth-order valence-electron chi connectivity index (χ4n) is 1.81. The first-order valence-electron chi connectivity index (χ1n) is 5.99. The number of benzene rings is 2. The Labute approximate surface area is 137 Å². The molecule has 0 spiro atoms. The van der Waals surface area contributed by atoms with Gasteiger partial charge in [0.05, 0.1) is 10.6 Å². The van der Waals surface area contributed by atoms with E-state index in [1.165, 1.54) is 0 Å². The lowest BCUT2D eigenvalue weighted by Gasteiger charge is -2.12. The van der Waals surface area contributed by atoms with E-state index < -0.39 is 10.0 Å². The zero-order valence-electron chi connectivity index (χ0n) is 11.1. The molecule has 2 aromatic carbocycles. The summed E-state index contributed by atoms with van der Waals surface area (Å²) in [5.41, 5.74) is 7.32. The lowest BCUT2D eigenvalue weighted by Crippen LogP contribution is -2.15. The van der Waals surface area contributed by atoms with Gasteiger partial charge in [0.15, 0.2) is 0 Å². The van der Waals surface area contributed by atoms with Crippen LogP contribution >= 0.6 is 28.1 Å². The molecule has 0 saturated heterocycles. The lowest BCUT2D eigenvalue weighted by molar-refractivity contribution is 0.600. The minimum Gasteiger partial charge on any atom is -0.389 e. The van der Waals surface area contributed by atoms with Crippen LogP contribution in [0, 0.1) is 6.92 Å². The SMILES string of the molecule is Cc1ccccc1S(=O)(=O)Nc1ccc(C(N)=S)cc1Br. The zero-order chi connectivity index (χ0) is 15.6. The molecule has 0 amide bonds. The number of anilines is 1. The van der Waals surface area contributed by atoms with Gasteiger partial charge in [-0.2, -0.15) is 0 Å². The molecule has 110 valence electrons. The highest BCUT2D eigenvalue weighted by atomic mass is 79.9. The third-order valence-electron chi connectivity index (χ3n) is 2.88. The van der Waals surface area contributed by atoms with Gasteiger partial charge >= 0.3 is 0 Å². The van der Waals surface area contributed by atoms with Crippen molar-refractivity contribution in [1.82, 2.24) is 0 Å². The molecule has 0 unspecified atom stereocenters. The molecule has 21 heavy (non-hydrogen) atoms. The molecule has 0 saturated carbocycles. The molecule has 3 N–H and O–H groups in total. The highest BCUT2D eigenvalue weighted by Gasteiger charge is 2.17. The van der Waals surface area contributed by atoms with Gasteiger partial charge in [-0.15, -0.1) is 0 Å². The molecule has 0 aromatic heterocycles. The largest absolute Gasteiger partial charge is 0.389 e. The molecule has 2 rings (SSSR count). The lowest BCUT2D eigenvalue weighted by atomic mass is 10.2. The second kappa shape index (κ2) is 6.13. The number of hydrogen-bond acceptors (Lipinski definition) is 3. The van der Waals surface area contributed by atoms with Gasteiger partial charge in [-0.1, -0.05) is 30.4 Å². The summed E-state index contributed by atoms with van der Waals surface area (Å²) in [7, 11) is -3.64. The van der Waals surface area contributed by atoms with Crippen molar-refractivity contribution < 1.29 is 8.42 Å². The van der Waals surface area contributed by atoms with Gasteiger partial charge < -0.3 is 5.73 Å². The van der Waals surface area contributed by atoms with Crippen molar-refractivity contribution in [3.8, 4) is 0 Å². The summed E-state index contributed by atoms with van der Waals surface area (Å²) < 4.78 is 27.9. The average Bonchev–Trinajstić information content (AvgIpc) is 2.41. The second-order valence-electron chi connectivity index (χ2n) is 4.43. The molecule has 0 aliphatic rings. The van der Waals surface area contributed by atoms with Crippen molar-refractivity contribution in [2.45, 2.75) is 11.8 Å². The Morgan fingerprint density at radius 1 is 1.24 bits per heavy atom. The fraction of sp³-hybridized carbons (Fsp3) is 0.0714. The van der Waals surface area contributed by atoms with E-state index in [4.69, 9.17) is 18.0 Å². The van der Waals surface area contributed by atoms with Crippen molar-refractivity contribution in [1.29, 1.82) is 0 Å². The predicted molar refractivity (Wildman–Crippen MR) is 92.0 cm³/mol. The van der Waals surface area contributed by atoms with Gasteiger partial charge in [-0.05, 0) is 52.7 Å². The second-order valence-corrected chi connectivity index (χ2v) is 7.37. The normalized spacial score (nSPS) is 11.1.